The smallest absolute Gasteiger partial charge is 0.336 e. The molecule has 8 heteroatoms. The minimum absolute atomic E-state index is 0.0469. The third-order valence-electron chi connectivity index (χ3n) is 4.72. The molecular formula is C19H20F2N2O3S. The molecule has 1 heterocycles. The van der Waals surface area contributed by atoms with Crippen molar-refractivity contribution < 1.29 is 22.0 Å². The maximum Gasteiger partial charge on any atom is 0.337 e. The molecule has 2 aromatic carbocycles. The summed E-state index contributed by atoms with van der Waals surface area (Å²) in [6.45, 7) is 0.908. The third kappa shape index (κ3) is 4.33. The van der Waals surface area contributed by atoms with Crippen LogP contribution in [0.2, 0.25) is 0 Å². The summed E-state index contributed by atoms with van der Waals surface area (Å²) < 4.78 is 47.5. The first kappa shape index (κ1) is 19.4. The zero-order valence-electron chi connectivity index (χ0n) is 14.5. The summed E-state index contributed by atoms with van der Waals surface area (Å²) in [5.41, 5.74) is 7.87. The Morgan fingerprint density at radius 3 is 2.30 bits per heavy atom. The minimum Gasteiger partial charge on any atom is -0.336 e. The molecule has 3 rings (SSSR count). The first-order valence-electron chi connectivity index (χ1n) is 8.46. The molecule has 0 saturated carbocycles. The highest BCUT2D eigenvalue weighted by molar-refractivity contribution is 7.90. The van der Waals surface area contributed by atoms with Crippen LogP contribution in [0.25, 0.3) is 0 Å². The van der Waals surface area contributed by atoms with Crippen molar-refractivity contribution in [1.82, 2.24) is 4.90 Å². The van der Waals surface area contributed by atoms with E-state index in [-0.39, 0.29) is 23.4 Å². The van der Waals surface area contributed by atoms with Gasteiger partial charge in [0.15, 0.2) is 0 Å². The number of sulfone groups is 1. The lowest BCUT2D eigenvalue weighted by Gasteiger charge is -2.17. The lowest BCUT2D eigenvalue weighted by atomic mass is 9.95. The van der Waals surface area contributed by atoms with Crippen LogP contribution in [0.4, 0.5) is 8.78 Å². The number of amides is 1. The zero-order valence-corrected chi connectivity index (χ0v) is 15.3. The van der Waals surface area contributed by atoms with Crippen molar-refractivity contribution in [1.29, 1.82) is 0 Å². The van der Waals surface area contributed by atoms with Crippen LogP contribution in [0, 0.1) is 0 Å². The Morgan fingerprint density at radius 1 is 1.07 bits per heavy atom. The summed E-state index contributed by atoms with van der Waals surface area (Å²) in [5, 5.41) is 0. The molecule has 0 spiro atoms. The fraction of sp³-hybridized carbons (Fsp3) is 0.316. The number of nitrogens with zero attached hydrogens (tertiary/aromatic N) is 1. The topological polar surface area (TPSA) is 80.5 Å². The number of carbonyl (C=O) groups is 1. The average Bonchev–Trinajstić information content (AvgIpc) is 3.04. The van der Waals surface area contributed by atoms with Crippen molar-refractivity contribution in [3.63, 3.8) is 0 Å². The number of hydrogen-bond donors (Lipinski definition) is 1. The van der Waals surface area contributed by atoms with E-state index in [1.165, 1.54) is 24.3 Å². The Bertz CT molecular complexity index is 902. The highest BCUT2D eigenvalue weighted by atomic mass is 32.2. The Kier molecular flexibility index (Phi) is 5.57. The Hall–Kier alpha value is -2.32. The van der Waals surface area contributed by atoms with Crippen LogP contribution >= 0.6 is 0 Å². The molecule has 144 valence electrons. The Balaban J connectivity index is 1.70. The predicted molar refractivity (Wildman–Crippen MR) is 98.1 cm³/mol. The SMILES string of the molecule is N[C@@H]1CN(C(=O)c2ccc(CS(=O)(=O)C(F)F)cc2)C[C@H]1c1ccccc1. The zero-order chi connectivity index (χ0) is 19.6. The van der Waals surface area contributed by atoms with Gasteiger partial charge in [-0.1, -0.05) is 42.5 Å². The van der Waals surface area contributed by atoms with Crippen LogP contribution in [-0.4, -0.2) is 44.1 Å². The molecule has 0 aliphatic carbocycles. The van der Waals surface area contributed by atoms with Gasteiger partial charge in [-0.15, -0.1) is 0 Å². The largest absolute Gasteiger partial charge is 0.337 e. The lowest BCUT2D eigenvalue weighted by Crippen LogP contribution is -2.32. The lowest BCUT2D eigenvalue weighted by molar-refractivity contribution is 0.0789. The molecule has 27 heavy (non-hydrogen) atoms. The van der Waals surface area contributed by atoms with Gasteiger partial charge < -0.3 is 10.6 Å². The summed E-state index contributed by atoms with van der Waals surface area (Å²) in [6.07, 6.45) is 0. The summed E-state index contributed by atoms with van der Waals surface area (Å²) >= 11 is 0. The third-order valence-corrected chi connectivity index (χ3v) is 6.00. The molecule has 1 aliphatic heterocycles. The van der Waals surface area contributed by atoms with E-state index < -0.39 is 21.3 Å². The molecule has 2 aromatic rings. The molecule has 5 nitrogen and oxygen atoms in total. The Morgan fingerprint density at radius 2 is 1.70 bits per heavy atom. The maximum absolute atomic E-state index is 12.7. The first-order chi connectivity index (χ1) is 12.8. The van der Waals surface area contributed by atoms with Crippen LogP contribution in [0.1, 0.15) is 27.4 Å². The standard InChI is InChI=1S/C19H20F2N2O3S/c20-19(21)27(25,26)12-13-6-8-15(9-7-13)18(24)23-10-16(17(22)11-23)14-4-2-1-3-5-14/h1-9,16-17,19H,10-12,22H2/t16-,17+/m0/s1. The van der Waals surface area contributed by atoms with Crippen molar-refractivity contribution in [2.75, 3.05) is 13.1 Å². The summed E-state index contributed by atoms with van der Waals surface area (Å²) in [6, 6.07) is 15.3. The van der Waals surface area contributed by atoms with E-state index in [9.17, 15) is 22.0 Å². The van der Waals surface area contributed by atoms with Gasteiger partial charge in [0, 0.05) is 30.6 Å². The van der Waals surface area contributed by atoms with Gasteiger partial charge in [0.2, 0.25) is 9.84 Å². The normalized spacial score (nSPS) is 20.2. The van der Waals surface area contributed by atoms with E-state index in [2.05, 4.69) is 0 Å². The molecule has 0 aromatic heterocycles. The van der Waals surface area contributed by atoms with Gasteiger partial charge in [-0.25, -0.2) is 8.42 Å². The number of rotatable bonds is 5. The van der Waals surface area contributed by atoms with Crippen molar-refractivity contribution in [3.8, 4) is 0 Å². The van der Waals surface area contributed by atoms with Gasteiger partial charge in [0.25, 0.3) is 5.91 Å². The molecule has 0 radical (unpaired) electrons. The number of halogens is 2. The van der Waals surface area contributed by atoms with Crippen LogP contribution in [0.5, 0.6) is 0 Å². The molecule has 0 bridgehead atoms. The maximum atomic E-state index is 12.7. The number of alkyl halides is 2. The number of carbonyl (C=O) groups excluding carboxylic acids is 1. The van der Waals surface area contributed by atoms with Crippen molar-refractivity contribution in [2.45, 2.75) is 23.5 Å². The summed E-state index contributed by atoms with van der Waals surface area (Å²) in [5.74, 6) is -4.35. The van der Waals surface area contributed by atoms with E-state index in [4.69, 9.17) is 5.73 Å². The van der Waals surface area contributed by atoms with Gasteiger partial charge in [-0.2, -0.15) is 8.78 Å². The minimum atomic E-state index is -4.49. The molecular weight excluding hydrogens is 374 g/mol. The second kappa shape index (κ2) is 7.74. The van der Waals surface area contributed by atoms with E-state index in [1.54, 1.807) is 4.90 Å². The molecule has 2 N–H and O–H groups in total. The molecule has 0 unspecified atom stereocenters. The van der Waals surface area contributed by atoms with E-state index in [1.807, 2.05) is 30.3 Å². The van der Waals surface area contributed by atoms with Crippen LogP contribution in [0.15, 0.2) is 54.6 Å². The fourth-order valence-corrected chi connectivity index (χ4v) is 4.05. The number of likely N-dealkylation sites (tertiary alicyclic amines) is 1. The van der Waals surface area contributed by atoms with Gasteiger partial charge in [-0.05, 0) is 23.3 Å². The Labute approximate surface area is 156 Å². The van der Waals surface area contributed by atoms with Crippen molar-refractivity contribution in [3.05, 3.63) is 71.3 Å². The molecule has 1 fully saturated rings. The van der Waals surface area contributed by atoms with Crippen molar-refractivity contribution in [2.24, 2.45) is 5.73 Å². The highest BCUT2D eigenvalue weighted by Gasteiger charge is 2.34. The van der Waals surface area contributed by atoms with Crippen LogP contribution in [-0.2, 0) is 15.6 Å². The van der Waals surface area contributed by atoms with Crippen molar-refractivity contribution >= 4 is 15.7 Å². The van der Waals surface area contributed by atoms with E-state index >= 15 is 0 Å². The van der Waals surface area contributed by atoms with Gasteiger partial charge >= 0.3 is 5.76 Å². The van der Waals surface area contributed by atoms with Crippen LogP contribution < -0.4 is 5.73 Å². The molecule has 1 aliphatic rings. The average molecular weight is 394 g/mol. The van der Waals surface area contributed by atoms with Gasteiger partial charge in [0.1, 0.15) is 0 Å². The number of benzene rings is 2. The molecule has 1 amide bonds. The van der Waals surface area contributed by atoms with E-state index in [0.29, 0.717) is 18.7 Å². The summed E-state index contributed by atoms with van der Waals surface area (Å²) in [4.78, 5) is 14.4. The van der Waals surface area contributed by atoms with Crippen LogP contribution in [0.3, 0.4) is 0 Å². The number of nitrogens with two attached hydrogens (primary N) is 1. The second-order valence-electron chi connectivity index (χ2n) is 6.66. The first-order valence-corrected chi connectivity index (χ1v) is 10.2. The predicted octanol–water partition coefficient (Wildman–Crippen LogP) is 2.39. The molecule has 2 atom stereocenters. The second-order valence-corrected chi connectivity index (χ2v) is 8.63. The quantitative estimate of drug-likeness (QED) is 0.844. The monoisotopic (exact) mass is 394 g/mol. The summed E-state index contributed by atoms with van der Waals surface area (Å²) in [7, 11) is -4.49. The van der Waals surface area contributed by atoms with Gasteiger partial charge in [0.05, 0.1) is 5.75 Å². The number of hydrogen-bond acceptors (Lipinski definition) is 4. The molecule has 1 saturated heterocycles. The fourth-order valence-electron chi connectivity index (χ4n) is 3.27. The highest BCUT2D eigenvalue weighted by Crippen LogP contribution is 2.27. The van der Waals surface area contributed by atoms with Gasteiger partial charge in [-0.3, -0.25) is 4.79 Å². The van der Waals surface area contributed by atoms with E-state index in [0.717, 1.165) is 5.56 Å².